The van der Waals surface area contributed by atoms with E-state index in [1.54, 1.807) is 0 Å². The third kappa shape index (κ3) is 4.61. The van der Waals surface area contributed by atoms with E-state index in [0.29, 0.717) is 6.42 Å². The minimum Gasteiger partial charge on any atom is -0.454 e. The van der Waals surface area contributed by atoms with E-state index in [1.165, 1.54) is 6.07 Å². The van der Waals surface area contributed by atoms with Crippen molar-refractivity contribution >= 4 is 46.8 Å². The average molecular weight is 453 g/mol. The zero-order chi connectivity index (χ0) is 22.8. The normalized spacial score (nSPS) is 22.9. The molecule has 2 aliphatic rings. The first-order chi connectivity index (χ1) is 14.6. The topological polar surface area (TPSA) is 148 Å². The minimum absolute atomic E-state index is 0.0454. The summed E-state index contributed by atoms with van der Waals surface area (Å²) in [6.07, 6.45) is 3.10. The zero-order valence-electron chi connectivity index (χ0n) is 16.7. The lowest BCUT2D eigenvalue weighted by atomic mass is 9.73. The van der Waals surface area contributed by atoms with E-state index in [4.69, 9.17) is 16.3 Å². The van der Waals surface area contributed by atoms with Crippen molar-refractivity contribution in [1.82, 2.24) is 10.2 Å². The number of carbonyl (C=O) groups excluding carboxylic acids is 4. The van der Waals surface area contributed by atoms with Crippen molar-refractivity contribution in [2.45, 2.75) is 38.1 Å². The summed E-state index contributed by atoms with van der Waals surface area (Å²) >= 11 is 5.89. The number of esters is 1. The Balaban J connectivity index is 1.53. The van der Waals surface area contributed by atoms with Crippen molar-refractivity contribution in [3.05, 3.63) is 33.3 Å². The van der Waals surface area contributed by atoms with Gasteiger partial charge in [-0.15, -0.1) is 0 Å². The maximum Gasteiger partial charge on any atom is 0.326 e. The smallest absolute Gasteiger partial charge is 0.326 e. The lowest BCUT2D eigenvalue weighted by molar-refractivity contribution is -0.384. The molecule has 2 unspecified atom stereocenters. The number of halogens is 1. The number of carbonyl (C=O) groups is 4. The molecule has 166 valence electrons. The van der Waals surface area contributed by atoms with E-state index in [1.807, 2.05) is 6.92 Å². The van der Waals surface area contributed by atoms with Gasteiger partial charge in [-0.1, -0.05) is 31.4 Å². The molecular formula is C19H21ClN4O7. The van der Waals surface area contributed by atoms with Crippen LogP contribution in [-0.2, 0) is 19.1 Å². The van der Waals surface area contributed by atoms with Crippen molar-refractivity contribution in [3.8, 4) is 0 Å². The van der Waals surface area contributed by atoms with Crippen LogP contribution < -0.4 is 10.6 Å². The number of ether oxygens (including phenoxy) is 1. The Morgan fingerprint density at radius 2 is 2.13 bits per heavy atom. The minimum atomic E-state index is -0.986. The van der Waals surface area contributed by atoms with Gasteiger partial charge in [0.05, 0.1) is 15.6 Å². The van der Waals surface area contributed by atoms with Crippen LogP contribution in [0.5, 0.6) is 0 Å². The SMILES string of the molecule is CC1CCCCC12NC(=O)N(CC(=O)OCC(=O)Nc1ccc([N+](=O)[O-])cc1Cl)C2=O. The molecule has 1 aliphatic carbocycles. The Kier molecular flexibility index (Phi) is 6.44. The second-order valence-corrected chi connectivity index (χ2v) is 7.98. The van der Waals surface area contributed by atoms with Crippen LogP contribution in [0.2, 0.25) is 5.02 Å². The fourth-order valence-corrected chi connectivity index (χ4v) is 4.09. The van der Waals surface area contributed by atoms with Crippen molar-refractivity contribution in [1.29, 1.82) is 0 Å². The van der Waals surface area contributed by atoms with Gasteiger partial charge in [0.25, 0.3) is 17.5 Å². The molecule has 1 heterocycles. The van der Waals surface area contributed by atoms with Crippen molar-refractivity contribution in [3.63, 3.8) is 0 Å². The molecule has 0 bridgehead atoms. The number of rotatable bonds is 6. The Morgan fingerprint density at radius 3 is 2.77 bits per heavy atom. The van der Waals surface area contributed by atoms with Gasteiger partial charge in [-0.2, -0.15) is 0 Å². The predicted molar refractivity (Wildman–Crippen MR) is 108 cm³/mol. The second kappa shape index (κ2) is 8.88. The Bertz CT molecular complexity index is 953. The quantitative estimate of drug-likeness (QED) is 0.291. The third-order valence-corrected chi connectivity index (χ3v) is 5.90. The number of nitro groups is 1. The molecule has 3 rings (SSSR count). The Morgan fingerprint density at radius 1 is 1.39 bits per heavy atom. The molecule has 12 heteroatoms. The highest BCUT2D eigenvalue weighted by molar-refractivity contribution is 6.34. The fraction of sp³-hybridized carbons (Fsp3) is 0.474. The number of nitrogens with zero attached hydrogens (tertiary/aromatic N) is 2. The monoisotopic (exact) mass is 452 g/mol. The van der Waals surface area contributed by atoms with Crippen molar-refractivity contribution in [2.24, 2.45) is 5.92 Å². The summed E-state index contributed by atoms with van der Waals surface area (Å²) in [5.74, 6) is -2.16. The number of hydrogen-bond acceptors (Lipinski definition) is 7. The molecule has 1 aliphatic heterocycles. The predicted octanol–water partition coefficient (Wildman–Crippen LogP) is 2.23. The summed E-state index contributed by atoms with van der Waals surface area (Å²) in [5, 5.41) is 15.8. The van der Waals surface area contributed by atoms with Gasteiger partial charge in [0, 0.05) is 12.1 Å². The molecule has 31 heavy (non-hydrogen) atoms. The van der Waals surface area contributed by atoms with E-state index in [-0.39, 0.29) is 22.3 Å². The summed E-state index contributed by atoms with van der Waals surface area (Å²) in [4.78, 5) is 60.1. The second-order valence-electron chi connectivity index (χ2n) is 7.57. The van der Waals surface area contributed by atoms with Crippen LogP contribution in [0.1, 0.15) is 32.6 Å². The molecule has 1 saturated heterocycles. The van der Waals surface area contributed by atoms with Gasteiger partial charge in [0.1, 0.15) is 12.1 Å². The first-order valence-electron chi connectivity index (χ1n) is 9.67. The van der Waals surface area contributed by atoms with Gasteiger partial charge in [-0.25, -0.2) is 4.79 Å². The zero-order valence-corrected chi connectivity index (χ0v) is 17.4. The lowest BCUT2D eigenvalue weighted by Crippen LogP contribution is -2.54. The van der Waals surface area contributed by atoms with Gasteiger partial charge in [0.15, 0.2) is 6.61 Å². The fourth-order valence-electron chi connectivity index (χ4n) is 3.87. The first-order valence-corrected chi connectivity index (χ1v) is 10.1. The summed E-state index contributed by atoms with van der Waals surface area (Å²) in [7, 11) is 0. The molecule has 4 amide bonds. The van der Waals surface area contributed by atoms with E-state index in [2.05, 4.69) is 10.6 Å². The molecule has 0 aromatic heterocycles. The summed E-state index contributed by atoms with van der Waals surface area (Å²) in [6, 6.07) is 2.83. The number of anilines is 1. The summed E-state index contributed by atoms with van der Waals surface area (Å²) < 4.78 is 4.86. The van der Waals surface area contributed by atoms with Gasteiger partial charge in [-0.3, -0.25) is 29.4 Å². The molecule has 0 radical (unpaired) electrons. The standard InChI is InChI=1S/C19H21ClN4O7/c1-11-4-2-3-7-19(11)17(27)23(18(28)22-19)9-16(26)31-10-15(25)21-14-6-5-12(24(29)30)8-13(14)20/h5-6,8,11H,2-4,7,9-10H2,1H3,(H,21,25)(H,22,28). The molecule has 1 aromatic rings. The maximum atomic E-state index is 12.8. The summed E-state index contributed by atoms with van der Waals surface area (Å²) in [6.45, 7) is 0.606. The molecule has 1 spiro atoms. The molecule has 1 saturated carbocycles. The third-order valence-electron chi connectivity index (χ3n) is 5.59. The lowest BCUT2D eigenvalue weighted by Gasteiger charge is -2.36. The number of nitro benzene ring substituents is 1. The highest BCUT2D eigenvalue weighted by atomic mass is 35.5. The van der Waals surface area contributed by atoms with Crippen molar-refractivity contribution in [2.75, 3.05) is 18.5 Å². The number of imide groups is 1. The number of amides is 4. The number of nitrogens with one attached hydrogen (secondary N) is 2. The Labute approximate surface area is 182 Å². The van der Waals surface area contributed by atoms with E-state index in [9.17, 15) is 29.3 Å². The first kappa shape index (κ1) is 22.5. The Hall–Kier alpha value is -3.21. The van der Waals surface area contributed by atoms with Crippen LogP contribution in [0, 0.1) is 16.0 Å². The van der Waals surface area contributed by atoms with Crippen LogP contribution in [0.3, 0.4) is 0 Å². The van der Waals surface area contributed by atoms with Gasteiger partial charge < -0.3 is 15.4 Å². The molecule has 2 N–H and O–H groups in total. The van der Waals surface area contributed by atoms with Gasteiger partial charge in [-0.05, 0) is 24.8 Å². The largest absolute Gasteiger partial charge is 0.454 e. The summed E-state index contributed by atoms with van der Waals surface area (Å²) in [5.41, 5.74) is -1.12. The van der Waals surface area contributed by atoms with E-state index >= 15 is 0 Å². The molecule has 2 atom stereocenters. The molecular weight excluding hydrogens is 432 g/mol. The number of hydrogen-bond donors (Lipinski definition) is 2. The average Bonchev–Trinajstić information content (AvgIpc) is 2.95. The molecule has 2 fully saturated rings. The van der Waals surface area contributed by atoms with Crippen LogP contribution in [0.15, 0.2) is 18.2 Å². The van der Waals surface area contributed by atoms with Crippen LogP contribution >= 0.6 is 11.6 Å². The van der Waals surface area contributed by atoms with Crippen LogP contribution in [0.4, 0.5) is 16.2 Å². The van der Waals surface area contributed by atoms with E-state index in [0.717, 1.165) is 36.3 Å². The van der Waals surface area contributed by atoms with E-state index < -0.39 is 47.4 Å². The van der Waals surface area contributed by atoms with Crippen LogP contribution in [-0.4, -0.2) is 52.3 Å². The molecule has 11 nitrogen and oxygen atoms in total. The number of non-ortho nitro benzene ring substituents is 1. The molecule has 1 aromatic carbocycles. The highest BCUT2D eigenvalue weighted by Gasteiger charge is 2.55. The van der Waals surface area contributed by atoms with Gasteiger partial charge in [0.2, 0.25) is 0 Å². The highest BCUT2D eigenvalue weighted by Crippen LogP contribution is 2.38. The number of benzene rings is 1. The van der Waals surface area contributed by atoms with Gasteiger partial charge >= 0.3 is 12.0 Å². The maximum absolute atomic E-state index is 12.8. The van der Waals surface area contributed by atoms with Crippen LogP contribution in [0.25, 0.3) is 0 Å². The number of urea groups is 1. The van der Waals surface area contributed by atoms with Crippen molar-refractivity contribution < 1.29 is 28.8 Å².